The van der Waals surface area contributed by atoms with Crippen LogP contribution in [0.4, 0.5) is 0 Å². The van der Waals surface area contributed by atoms with E-state index in [0.29, 0.717) is 23.3 Å². The zero-order chi connectivity index (χ0) is 14.5. The lowest BCUT2D eigenvalue weighted by atomic mass is 9.94. The summed E-state index contributed by atoms with van der Waals surface area (Å²) in [6.07, 6.45) is 0.569. The fourth-order valence-electron chi connectivity index (χ4n) is 2.16. The number of hydrogen-bond donors (Lipinski definition) is 1. The third-order valence-electron chi connectivity index (χ3n) is 3.06. The smallest absolute Gasteiger partial charge is 0.277 e. The van der Waals surface area contributed by atoms with E-state index in [1.165, 1.54) is 0 Å². The van der Waals surface area contributed by atoms with E-state index in [9.17, 15) is 9.90 Å². The molecule has 0 fully saturated rings. The summed E-state index contributed by atoms with van der Waals surface area (Å²) in [4.78, 5) is 16.0. The van der Waals surface area contributed by atoms with Gasteiger partial charge in [-0.15, -0.1) is 0 Å². The van der Waals surface area contributed by atoms with Crippen LogP contribution >= 0.6 is 0 Å². The molecule has 3 heteroatoms. The number of amides is 1. The molecule has 0 spiro atoms. The van der Waals surface area contributed by atoms with Crippen molar-refractivity contribution in [2.24, 2.45) is 4.99 Å². The fraction of sp³-hybridized carbons (Fsp3) is 0.176. The van der Waals surface area contributed by atoms with Gasteiger partial charge in [-0.2, -0.15) is 0 Å². The van der Waals surface area contributed by atoms with Gasteiger partial charge in [-0.25, -0.2) is 4.99 Å². The van der Waals surface area contributed by atoms with Gasteiger partial charge in [0.15, 0.2) is 0 Å². The number of phenols is 1. The molecule has 20 heavy (non-hydrogen) atoms. The third kappa shape index (κ3) is 2.62. The van der Waals surface area contributed by atoms with Crippen molar-refractivity contribution in [1.29, 1.82) is 0 Å². The average molecular weight is 267 g/mol. The molecule has 0 bridgehead atoms. The van der Waals surface area contributed by atoms with Gasteiger partial charge in [-0.1, -0.05) is 44.2 Å². The van der Waals surface area contributed by atoms with Gasteiger partial charge in [0.2, 0.25) is 0 Å². The molecule has 1 aliphatic heterocycles. The number of para-hydroxylation sites is 1. The Labute approximate surface area is 118 Å². The van der Waals surface area contributed by atoms with Crippen LogP contribution in [0.1, 0.15) is 35.3 Å². The molecule has 0 atom stereocenters. The maximum Gasteiger partial charge on any atom is 0.277 e. The van der Waals surface area contributed by atoms with Gasteiger partial charge in [0.25, 0.3) is 5.91 Å². The van der Waals surface area contributed by atoms with E-state index < -0.39 is 0 Å². The highest BCUT2D eigenvalue weighted by molar-refractivity contribution is 6.15. The Kier molecular flexibility index (Phi) is 4.31. The Morgan fingerprint density at radius 2 is 1.55 bits per heavy atom. The lowest BCUT2D eigenvalue weighted by Crippen LogP contribution is -2.17. The van der Waals surface area contributed by atoms with Gasteiger partial charge in [0.1, 0.15) is 5.75 Å². The van der Waals surface area contributed by atoms with Crippen LogP contribution in [-0.2, 0) is 6.42 Å². The van der Waals surface area contributed by atoms with Crippen molar-refractivity contribution in [2.45, 2.75) is 20.3 Å². The van der Waals surface area contributed by atoms with Crippen molar-refractivity contribution < 1.29 is 9.90 Å². The molecular weight excluding hydrogens is 250 g/mol. The molecule has 1 heterocycles. The van der Waals surface area contributed by atoms with E-state index in [0.717, 1.165) is 5.56 Å². The Bertz CT molecular complexity index is 660. The number of hydrogen-bond acceptors (Lipinski definition) is 2. The average Bonchev–Trinajstić information content (AvgIpc) is 2.50. The van der Waals surface area contributed by atoms with Crippen LogP contribution in [0.15, 0.2) is 53.5 Å². The van der Waals surface area contributed by atoms with Gasteiger partial charge in [-0.05, 0) is 23.8 Å². The monoisotopic (exact) mass is 267 g/mol. The number of aliphatic imine (C=N–C) groups is 1. The summed E-state index contributed by atoms with van der Waals surface area (Å²) in [6.45, 7) is 4.00. The largest absolute Gasteiger partial charge is 0.507 e. The number of carbonyl (C=O) groups is 1. The van der Waals surface area contributed by atoms with Crippen LogP contribution in [0, 0.1) is 0 Å². The van der Waals surface area contributed by atoms with Crippen LogP contribution in [0.3, 0.4) is 0 Å². The number of nitrogens with zero attached hydrogens (tertiary/aromatic N) is 1. The zero-order valence-corrected chi connectivity index (χ0v) is 11.6. The first-order chi connectivity index (χ1) is 9.75. The molecule has 2 aromatic carbocycles. The van der Waals surface area contributed by atoms with E-state index in [2.05, 4.69) is 4.99 Å². The maximum absolute atomic E-state index is 11.9. The third-order valence-corrected chi connectivity index (χ3v) is 3.06. The molecule has 0 unspecified atom stereocenters. The van der Waals surface area contributed by atoms with E-state index in [1.54, 1.807) is 24.3 Å². The highest BCUT2D eigenvalue weighted by Crippen LogP contribution is 2.24. The number of benzene rings is 2. The van der Waals surface area contributed by atoms with Gasteiger partial charge in [0.05, 0.1) is 5.71 Å². The van der Waals surface area contributed by atoms with Crippen molar-refractivity contribution in [3.05, 3.63) is 65.2 Å². The predicted molar refractivity (Wildman–Crippen MR) is 80.5 cm³/mol. The topological polar surface area (TPSA) is 49.7 Å². The second-order valence-electron chi connectivity index (χ2n) is 4.21. The molecule has 3 rings (SSSR count). The van der Waals surface area contributed by atoms with Gasteiger partial charge in [0, 0.05) is 17.5 Å². The number of phenolic OH excluding ortho intramolecular Hbond substituents is 1. The molecule has 1 amide bonds. The minimum atomic E-state index is -0.241. The van der Waals surface area contributed by atoms with Crippen molar-refractivity contribution in [2.75, 3.05) is 0 Å². The lowest BCUT2D eigenvalue weighted by Gasteiger charge is -2.15. The lowest BCUT2D eigenvalue weighted by molar-refractivity contribution is 0.1000. The second kappa shape index (κ2) is 6.15. The van der Waals surface area contributed by atoms with Crippen LogP contribution in [0.2, 0.25) is 0 Å². The first-order valence-corrected chi connectivity index (χ1v) is 6.74. The van der Waals surface area contributed by atoms with Gasteiger partial charge < -0.3 is 5.11 Å². The van der Waals surface area contributed by atoms with Crippen LogP contribution in [-0.4, -0.2) is 16.7 Å². The first-order valence-electron chi connectivity index (χ1n) is 6.74. The highest BCUT2D eigenvalue weighted by atomic mass is 16.3. The minimum Gasteiger partial charge on any atom is -0.507 e. The standard InChI is InChI=1S/C15H11NO2.C2H6/c17-14-8-4-3-7-12(14)13-9-10-5-1-2-6-11(10)15(18)16-13;1-2/h1-8,17H,9H2;1-2H3. The number of rotatable bonds is 1. The van der Waals surface area contributed by atoms with Crippen molar-refractivity contribution in [3.8, 4) is 5.75 Å². The summed E-state index contributed by atoms with van der Waals surface area (Å²) in [5, 5.41) is 9.80. The Morgan fingerprint density at radius 3 is 2.25 bits per heavy atom. The summed E-state index contributed by atoms with van der Waals surface area (Å²) in [5.41, 5.74) is 2.85. The van der Waals surface area contributed by atoms with Gasteiger partial charge >= 0.3 is 0 Å². The summed E-state index contributed by atoms with van der Waals surface area (Å²) in [5.74, 6) is -0.0847. The van der Waals surface area contributed by atoms with Gasteiger partial charge in [-0.3, -0.25) is 4.79 Å². The van der Waals surface area contributed by atoms with E-state index in [4.69, 9.17) is 0 Å². The number of aromatic hydroxyl groups is 1. The molecule has 0 aliphatic carbocycles. The van der Waals surface area contributed by atoms with Crippen molar-refractivity contribution >= 4 is 11.6 Å². The number of carbonyl (C=O) groups excluding carboxylic acids is 1. The molecular formula is C17H17NO2. The predicted octanol–water partition coefficient (Wildman–Crippen LogP) is 3.60. The van der Waals surface area contributed by atoms with Crippen LogP contribution in [0.25, 0.3) is 0 Å². The molecule has 0 radical (unpaired) electrons. The highest BCUT2D eigenvalue weighted by Gasteiger charge is 2.20. The number of fused-ring (bicyclic) bond motifs is 1. The summed E-state index contributed by atoms with van der Waals surface area (Å²) in [6, 6.07) is 14.4. The molecule has 0 aromatic heterocycles. The summed E-state index contributed by atoms with van der Waals surface area (Å²) < 4.78 is 0. The molecule has 3 nitrogen and oxygen atoms in total. The minimum absolute atomic E-state index is 0.156. The SMILES string of the molecule is CC.O=C1N=C(c2ccccc2O)Cc2ccccc21. The Balaban J connectivity index is 0.000000704. The molecule has 102 valence electrons. The normalized spacial score (nSPS) is 12.9. The van der Waals surface area contributed by atoms with E-state index in [1.807, 2.05) is 38.1 Å². The van der Waals surface area contributed by atoms with E-state index in [-0.39, 0.29) is 11.7 Å². The molecule has 0 saturated carbocycles. The van der Waals surface area contributed by atoms with Crippen molar-refractivity contribution in [3.63, 3.8) is 0 Å². The quantitative estimate of drug-likeness (QED) is 0.858. The molecule has 1 aliphatic rings. The maximum atomic E-state index is 11.9. The summed E-state index contributed by atoms with van der Waals surface area (Å²) >= 11 is 0. The van der Waals surface area contributed by atoms with Crippen molar-refractivity contribution in [1.82, 2.24) is 0 Å². The van der Waals surface area contributed by atoms with Crippen LogP contribution < -0.4 is 0 Å². The molecule has 1 N–H and O–H groups in total. The van der Waals surface area contributed by atoms with E-state index >= 15 is 0 Å². The molecule has 0 saturated heterocycles. The first kappa shape index (κ1) is 14.0. The Morgan fingerprint density at radius 1 is 0.950 bits per heavy atom. The fourth-order valence-corrected chi connectivity index (χ4v) is 2.16. The summed E-state index contributed by atoms with van der Waals surface area (Å²) in [7, 11) is 0. The second-order valence-corrected chi connectivity index (χ2v) is 4.21. The Hall–Kier alpha value is -2.42. The zero-order valence-electron chi connectivity index (χ0n) is 11.6. The molecule has 2 aromatic rings. The van der Waals surface area contributed by atoms with Crippen LogP contribution in [0.5, 0.6) is 5.75 Å².